The molecule has 0 unspecified atom stereocenters. The maximum atomic E-state index is 13.3. The van der Waals surface area contributed by atoms with Gasteiger partial charge >= 0.3 is 0 Å². The van der Waals surface area contributed by atoms with Crippen molar-refractivity contribution < 1.29 is 9.18 Å². The van der Waals surface area contributed by atoms with Crippen LogP contribution in [0.4, 0.5) is 4.39 Å². The first-order valence-electron chi connectivity index (χ1n) is 7.30. The van der Waals surface area contributed by atoms with Gasteiger partial charge in [0.1, 0.15) is 5.82 Å². The molecule has 20 heavy (non-hydrogen) atoms. The summed E-state index contributed by atoms with van der Waals surface area (Å²) in [6.07, 6.45) is 5.22. The van der Waals surface area contributed by atoms with Gasteiger partial charge in [-0.1, -0.05) is 6.42 Å². The topological polar surface area (TPSA) is 29.1 Å². The normalized spacial score (nSPS) is 29.4. The van der Waals surface area contributed by atoms with Crippen LogP contribution in [0.5, 0.6) is 0 Å². The molecule has 0 aliphatic heterocycles. The van der Waals surface area contributed by atoms with E-state index in [-0.39, 0.29) is 17.8 Å². The van der Waals surface area contributed by atoms with Gasteiger partial charge in [-0.25, -0.2) is 4.39 Å². The van der Waals surface area contributed by atoms with E-state index in [1.165, 1.54) is 37.8 Å². The van der Waals surface area contributed by atoms with Crippen molar-refractivity contribution in [2.45, 2.75) is 38.6 Å². The fourth-order valence-electron chi connectivity index (χ4n) is 3.97. The number of benzene rings is 1. The Labute approximate surface area is 127 Å². The number of hydrogen-bond acceptors (Lipinski definition) is 1. The van der Waals surface area contributed by atoms with Crippen LogP contribution in [0.15, 0.2) is 22.7 Å². The van der Waals surface area contributed by atoms with Gasteiger partial charge in [0.2, 0.25) is 0 Å². The van der Waals surface area contributed by atoms with E-state index in [0.717, 1.165) is 11.8 Å². The van der Waals surface area contributed by atoms with E-state index in [2.05, 4.69) is 28.2 Å². The summed E-state index contributed by atoms with van der Waals surface area (Å²) in [5.41, 5.74) is 0.375. The van der Waals surface area contributed by atoms with Crippen molar-refractivity contribution in [2.24, 2.45) is 17.8 Å². The van der Waals surface area contributed by atoms with E-state index in [1.54, 1.807) is 6.07 Å². The molecule has 0 radical (unpaired) electrons. The molecule has 2 aliphatic rings. The fraction of sp³-hybridized carbons (Fsp3) is 0.562. The standard InChI is InChI=1S/C16H19BrFNO/c1-9(13-7-10-2-3-11(13)6-10)19-16(20)14-8-12(18)4-5-15(14)17/h4-5,8-11,13H,2-3,6-7H2,1H3,(H,19,20)/t9-,10-,11-,13+/m1/s1. The molecule has 1 N–H and O–H groups in total. The minimum Gasteiger partial charge on any atom is -0.349 e. The van der Waals surface area contributed by atoms with Gasteiger partial charge in [-0.05, 0) is 78.1 Å². The molecule has 4 heteroatoms. The zero-order valence-electron chi connectivity index (χ0n) is 11.5. The van der Waals surface area contributed by atoms with Crippen LogP contribution in [0.1, 0.15) is 43.0 Å². The average molecular weight is 340 g/mol. The summed E-state index contributed by atoms with van der Waals surface area (Å²) < 4.78 is 13.9. The lowest BCUT2D eigenvalue weighted by Gasteiger charge is -2.28. The zero-order chi connectivity index (χ0) is 14.3. The molecule has 2 nitrogen and oxygen atoms in total. The van der Waals surface area contributed by atoms with Crippen molar-refractivity contribution in [2.75, 3.05) is 0 Å². The minimum atomic E-state index is -0.383. The lowest BCUT2D eigenvalue weighted by atomic mass is 9.84. The second kappa shape index (κ2) is 5.47. The van der Waals surface area contributed by atoms with Crippen LogP contribution in [0, 0.1) is 23.6 Å². The largest absolute Gasteiger partial charge is 0.349 e. The van der Waals surface area contributed by atoms with Crippen molar-refractivity contribution in [3.05, 3.63) is 34.1 Å². The summed E-state index contributed by atoms with van der Waals surface area (Å²) in [6.45, 7) is 2.08. The van der Waals surface area contributed by atoms with E-state index in [4.69, 9.17) is 0 Å². The van der Waals surface area contributed by atoms with Gasteiger partial charge in [0.15, 0.2) is 0 Å². The number of nitrogens with one attached hydrogen (secondary N) is 1. The Kier molecular flexibility index (Phi) is 3.85. The fourth-order valence-corrected chi connectivity index (χ4v) is 4.40. The number of rotatable bonds is 3. The van der Waals surface area contributed by atoms with Gasteiger partial charge in [-0.2, -0.15) is 0 Å². The summed E-state index contributed by atoms with van der Waals surface area (Å²) in [5.74, 6) is 1.65. The third-order valence-corrected chi connectivity index (χ3v) is 5.66. The van der Waals surface area contributed by atoms with Crippen LogP contribution < -0.4 is 5.32 Å². The lowest BCUT2D eigenvalue weighted by molar-refractivity contribution is 0.0914. The monoisotopic (exact) mass is 339 g/mol. The molecule has 2 bridgehead atoms. The average Bonchev–Trinajstić information content (AvgIpc) is 3.03. The van der Waals surface area contributed by atoms with Crippen LogP contribution in [0.2, 0.25) is 0 Å². The number of hydrogen-bond donors (Lipinski definition) is 1. The van der Waals surface area contributed by atoms with E-state index >= 15 is 0 Å². The number of fused-ring (bicyclic) bond motifs is 2. The van der Waals surface area contributed by atoms with Gasteiger partial charge in [0, 0.05) is 10.5 Å². The summed E-state index contributed by atoms with van der Waals surface area (Å²) >= 11 is 3.31. The number of amides is 1. The van der Waals surface area contributed by atoms with E-state index < -0.39 is 0 Å². The molecule has 3 rings (SSSR count). The van der Waals surface area contributed by atoms with E-state index in [1.807, 2.05) is 0 Å². The zero-order valence-corrected chi connectivity index (χ0v) is 13.1. The number of carbonyl (C=O) groups is 1. The lowest BCUT2D eigenvalue weighted by Crippen LogP contribution is -2.40. The Bertz CT molecular complexity index is 533. The molecule has 2 aliphatic carbocycles. The predicted octanol–water partition coefficient (Wildman–Crippen LogP) is 4.14. The molecule has 2 saturated carbocycles. The molecular weight excluding hydrogens is 321 g/mol. The molecule has 0 heterocycles. The van der Waals surface area contributed by atoms with E-state index in [0.29, 0.717) is 16.0 Å². The molecule has 1 aromatic rings. The quantitative estimate of drug-likeness (QED) is 0.880. The third-order valence-electron chi connectivity index (χ3n) is 4.97. The van der Waals surface area contributed by atoms with Gasteiger partial charge in [-0.15, -0.1) is 0 Å². The molecule has 0 aromatic heterocycles. The maximum Gasteiger partial charge on any atom is 0.252 e. The molecule has 1 amide bonds. The Morgan fingerprint density at radius 2 is 2.20 bits per heavy atom. The number of halogens is 2. The molecule has 0 spiro atoms. The van der Waals surface area contributed by atoms with Crippen LogP contribution in [-0.2, 0) is 0 Å². The first-order valence-corrected chi connectivity index (χ1v) is 8.10. The SMILES string of the molecule is C[C@@H](NC(=O)c1cc(F)ccc1Br)[C@@H]1C[C@@H]2CC[C@@H]1C2. The van der Waals surface area contributed by atoms with Crippen molar-refractivity contribution in [3.8, 4) is 0 Å². The predicted molar refractivity (Wildman–Crippen MR) is 80.0 cm³/mol. The van der Waals surface area contributed by atoms with Crippen LogP contribution in [0.3, 0.4) is 0 Å². The Hall–Kier alpha value is -0.900. The van der Waals surface area contributed by atoms with Crippen LogP contribution >= 0.6 is 15.9 Å². The summed E-state index contributed by atoms with van der Waals surface area (Å²) in [6, 6.07) is 4.37. The summed E-state index contributed by atoms with van der Waals surface area (Å²) in [5, 5.41) is 3.06. The van der Waals surface area contributed by atoms with Gasteiger partial charge in [-0.3, -0.25) is 4.79 Å². The van der Waals surface area contributed by atoms with Crippen molar-refractivity contribution >= 4 is 21.8 Å². The highest BCUT2D eigenvalue weighted by Crippen LogP contribution is 2.49. The molecule has 2 fully saturated rings. The highest BCUT2D eigenvalue weighted by atomic mass is 79.9. The van der Waals surface area contributed by atoms with Crippen molar-refractivity contribution in [3.63, 3.8) is 0 Å². The molecule has 4 atom stereocenters. The molecule has 108 valence electrons. The Morgan fingerprint density at radius 3 is 2.85 bits per heavy atom. The first-order chi connectivity index (χ1) is 9.54. The minimum absolute atomic E-state index is 0.160. The van der Waals surface area contributed by atoms with Gasteiger partial charge in [0.05, 0.1) is 5.56 Å². The van der Waals surface area contributed by atoms with Crippen molar-refractivity contribution in [1.29, 1.82) is 0 Å². The second-order valence-electron chi connectivity index (χ2n) is 6.23. The summed E-state index contributed by atoms with van der Waals surface area (Å²) in [4.78, 5) is 12.3. The van der Waals surface area contributed by atoms with Gasteiger partial charge < -0.3 is 5.32 Å². The summed E-state index contributed by atoms with van der Waals surface area (Å²) in [7, 11) is 0. The van der Waals surface area contributed by atoms with Gasteiger partial charge in [0.25, 0.3) is 5.91 Å². The Morgan fingerprint density at radius 1 is 1.40 bits per heavy atom. The van der Waals surface area contributed by atoms with E-state index in [9.17, 15) is 9.18 Å². The molecule has 1 aromatic carbocycles. The smallest absolute Gasteiger partial charge is 0.252 e. The Balaban J connectivity index is 1.68. The van der Waals surface area contributed by atoms with Crippen molar-refractivity contribution in [1.82, 2.24) is 5.32 Å². The third kappa shape index (κ3) is 2.62. The highest BCUT2D eigenvalue weighted by molar-refractivity contribution is 9.10. The molecular formula is C16H19BrFNO. The highest BCUT2D eigenvalue weighted by Gasteiger charge is 2.42. The maximum absolute atomic E-state index is 13.3. The number of carbonyl (C=O) groups excluding carboxylic acids is 1. The van der Waals surface area contributed by atoms with Crippen LogP contribution in [0.25, 0.3) is 0 Å². The van der Waals surface area contributed by atoms with Crippen LogP contribution in [-0.4, -0.2) is 11.9 Å². The first kappa shape index (κ1) is 14.1. The second-order valence-corrected chi connectivity index (χ2v) is 7.08. The molecule has 0 saturated heterocycles.